The van der Waals surface area contributed by atoms with E-state index in [1.54, 1.807) is 30.3 Å². The molecule has 0 radical (unpaired) electrons. The molecule has 0 aliphatic carbocycles. The van der Waals surface area contributed by atoms with Crippen LogP contribution in [0.25, 0.3) is 0 Å². The van der Waals surface area contributed by atoms with Crippen LogP contribution in [0.1, 0.15) is 15.9 Å². The maximum atomic E-state index is 12.5. The van der Waals surface area contributed by atoms with E-state index in [0.29, 0.717) is 41.6 Å². The number of hydrogen-bond donors (Lipinski definition) is 1. The average molecular weight is 461 g/mol. The summed E-state index contributed by atoms with van der Waals surface area (Å²) in [7, 11) is 1.49. The number of aromatic nitrogens is 2. The number of amides is 1. The highest BCUT2D eigenvalue weighted by atomic mass is 35.5. The Morgan fingerprint density at radius 1 is 1.19 bits per heavy atom. The molecule has 0 saturated heterocycles. The number of methoxy groups -OCH3 is 1. The first-order valence-electron chi connectivity index (χ1n) is 7.52. The van der Waals surface area contributed by atoms with Crippen LogP contribution in [0.15, 0.2) is 40.7 Å². The van der Waals surface area contributed by atoms with Crippen LogP contribution in [0.2, 0.25) is 15.1 Å². The molecule has 3 aromatic rings. The molecule has 0 fully saturated rings. The third-order valence-corrected chi connectivity index (χ3v) is 6.38. The highest BCUT2D eigenvalue weighted by Gasteiger charge is 2.16. The van der Waals surface area contributed by atoms with Gasteiger partial charge in [-0.15, -0.1) is 10.2 Å². The highest BCUT2D eigenvalue weighted by Crippen LogP contribution is 2.34. The zero-order chi connectivity index (χ0) is 19.4. The molecule has 3 rings (SSSR count). The molecular weight excluding hydrogens is 449 g/mol. The Morgan fingerprint density at radius 3 is 2.63 bits per heavy atom. The minimum absolute atomic E-state index is 0.317. The molecule has 1 heterocycles. The Balaban J connectivity index is 1.68. The lowest BCUT2D eigenvalue weighted by Crippen LogP contribution is -2.13. The van der Waals surface area contributed by atoms with Gasteiger partial charge in [-0.3, -0.25) is 10.1 Å². The van der Waals surface area contributed by atoms with Crippen molar-refractivity contribution >= 4 is 68.9 Å². The van der Waals surface area contributed by atoms with E-state index in [-0.39, 0.29) is 5.91 Å². The maximum Gasteiger partial charge on any atom is 0.261 e. The fourth-order valence-electron chi connectivity index (χ4n) is 2.14. The van der Waals surface area contributed by atoms with Crippen molar-refractivity contribution in [2.24, 2.45) is 0 Å². The first-order chi connectivity index (χ1) is 13.0. The Kier molecular flexibility index (Phi) is 6.83. The van der Waals surface area contributed by atoms with Crippen LogP contribution in [-0.4, -0.2) is 23.2 Å². The molecule has 2 aromatic carbocycles. The maximum absolute atomic E-state index is 12.5. The summed E-state index contributed by atoms with van der Waals surface area (Å²) >= 11 is 21.0. The molecule has 0 aliphatic rings. The van der Waals surface area contributed by atoms with Gasteiger partial charge in [0.15, 0.2) is 4.34 Å². The fraction of sp³-hybridized carbons (Fsp3) is 0.118. The number of carbonyl (C=O) groups is 1. The van der Waals surface area contributed by atoms with Gasteiger partial charge in [0.05, 0.1) is 12.7 Å². The van der Waals surface area contributed by atoms with Crippen molar-refractivity contribution in [3.8, 4) is 5.75 Å². The molecule has 1 aromatic heterocycles. The van der Waals surface area contributed by atoms with E-state index in [9.17, 15) is 4.79 Å². The molecule has 0 spiro atoms. The lowest BCUT2D eigenvalue weighted by molar-refractivity contribution is 0.102. The van der Waals surface area contributed by atoms with E-state index in [1.165, 1.54) is 36.3 Å². The minimum Gasteiger partial charge on any atom is -0.496 e. The summed E-state index contributed by atoms with van der Waals surface area (Å²) in [6, 6.07) is 10.2. The molecule has 10 heteroatoms. The van der Waals surface area contributed by atoms with Gasteiger partial charge < -0.3 is 4.74 Å². The number of hydrogen-bond acceptors (Lipinski definition) is 6. The molecule has 27 heavy (non-hydrogen) atoms. The number of halogens is 3. The van der Waals surface area contributed by atoms with Crippen molar-refractivity contribution in [3.05, 3.63) is 62.6 Å². The lowest BCUT2D eigenvalue weighted by Gasteiger charge is -2.07. The normalized spacial score (nSPS) is 10.7. The molecule has 1 N–H and O–H groups in total. The topological polar surface area (TPSA) is 64.1 Å². The van der Waals surface area contributed by atoms with E-state index in [0.717, 1.165) is 5.56 Å². The third kappa shape index (κ3) is 5.06. The second kappa shape index (κ2) is 9.12. The monoisotopic (exact) mass is 459 g/mol. The molecule has 0 atom stereocenters. The van der Waals surface area contributed by atoms with Crippen molar-refractivity contribution in [1.29, 1.82) is 0 Å². The number of rotatable bonds is 6. The summed E-state index contributed by atoms with van der Waals surface area (Å²) in [5.41, 5.74) is 1.15. The molecule has 0 bridgehead atoms. The highest BCUT2D eigenvalue weighted by molar-refractivity contribution is 8.00. The molecule has 140 valence electrons. The van der Waals surface area contributed by atoms with Gasteiger partial charge in [-0.05, 0) is 35.9 Å². The van der Waals surface area contributed by atoms with Crippen LogP contribution in [0.5, 0.6) is 5.75 Å². The van der Waals surface area contributed by atoms with E-state index >= 15 is 0 Å². The Bertz CT molecular complexity index is 962. The Hall–Kier alpha value is -1.51. The first kappa shape index (κ1) is 20.2. The van der Waals surface area contributed by atoms with Crippen molar-refractivity contribution in [2.45, 2.75) is 10.1 Å². The van der Waals surface area contributed by atoms with Crippen LogP contribution in [-0.2, 0) is 5.75 Å². The third-order valence-electron chi connectivity index (χ3n) is 3.43. The van der Waals surface area contributed by atoms with Crippen molar-refractivity contribution in [3.63, 3.8) is 0 Å². The fourth-order valence-corrected chi connectivity index (χ4v) is 4.81. The van der Waals surface area contributed by atoms with Crippen LogP contribution in [0.3, 0.4) is 0 Å². The summed E-state index contributed by atoms with van der Waals surface area (Å²) < 4.78 is 5.87. The smallest absolute Gasteiger partial charge is 0.261 e. The predicted molar refractivity (Wildman–Crippen MR) is 112 cm³/mol. The number of thioether (sulfide) groups is 1. The second-order valence-corrected chi connectivity index (χ2v) is 8.61. The summed E-state index contributed by atoms with van der Waals surface area (Å²) in [6.45, 7) is 0. The molecular formula is C17H12Cl3N3O2S2. The Morgan fingerprint density at radius 2 is 1.93 bits per heavy atom. The number of anilines is 1. The van der Waals surface area contributed by atoms with Gasteiger partial charge in [0, 0.05) is 20.8 Å². The molecule has 0 aliphatic heterocycles. The number of nitrogens with one attached hydrogen (secondary N) is 1. The van der Waals surface area contributed by atoms with Gasteiger partial charge >= 0.3 is 0 Å². The number of benzene rings is 2. The number of carbonyl (C=O) groups excluding carboxylic acids is 1. The molecule has 0 saturated carbocycles. The summed E-state index contributed by atoms with van der Waals surface area (Å²) in [5.74, 6) is 0.587. The van der Waals surface area contributed by atoms with Gasteiger partial charge in [-0.25, -0.2) is 0 Å². The van der Waals surface area contributed by atoms with Crippen LogP contribution in [0, 0.1) is 0 Å². The largest absolute Gasteiger partial charge is 0.496 e. The van der Waals surface area contributed by atoms with Gasteiger partial charge in [-0.1, -0.05) is 64.0 Å². The summed E-state index contributed by atoms with van der Waals surface area (Å²) in [5, 5.41) is 12.8. The molecule has 0 unspecified atom stereocenters. The summed E-state index contributed by atoms with van der Waals surface area (Å²) in [6.07, 6.45) is 0. The van der Waals surface area contributed by atoms with E-state index in [4.69, 9.17) is 39.5 Å². The zero-order valence-corrected chi connectivity index (χ0v) is 17.7. The van der Waals surface area contributed by atoms with Gasteiger partial charge in [-0.2, -0.15) is 0 Å². The van der Waals surface area contributed by atoms with Gasteiger partial charge in [0.1, 0.15) is 5.75 Å². The first-order valence-corrected chi connectivity index (χ1v) is 10.5. The van der Waals surface area contributed by atoms with Crippen molar-refractivity contribution in [2.75, 3.05) is 12.4 Å². The number of ether oxygens (including phenoxy) is 1. The SMILES string of the molecule is COc1ccc(Cl)cc1C(=O)Nc1nnc(SCc2c(Cl)cccc2Cl)s1. The predicted octanol–water partition coefficient (Wildman–Crippen LogP) is 6.05. The average Bonchev–Trinajstić information content (AvgIpc) is 3.08. The van der Waals surface area contributed by atoms with Gasteiger partial charge in [0.2, 0.25) is 5.13 Å². The van der Waals surface area contributed by atoms with Crippen LogP contribution < -0.4 is 10.1 Å². The standard InChI is InChI=1S/C17H12Cl3N3O2S2/c1-25-14-6-5-9(18)7-10(14)15(24)21-16-22-23-17(27-16)26-8-11-12(19)3-2-4-13(11)20/h2-7H,8H2,1H3,(H,21,22,24). The van der Waals surface area contributed by atoms with Crippen molar-refractivity contribution in [1.82, 2.24) is 10.2 Å². The van der Waals surface area contributed by atoms with E-state index < -0.39 is 0 Å². The summed E-state index contributed by atoms with van der Waals surface area (Å²) in [4.78, 5) is 12.5. The zero-order valence-electron chi connectivity index (χ0n) is 13.8. The van der Waals surface area contributed by atoms with E-state index in [2.05, 4.69) is 15.5 Å². The van der Waals surface area contributed by atoms with E-state index in [1.807, 2.05) is 0 Å². The Labute approximate surface area is 179 Å². The lowest BCUT2D eigenvalue weighted by atomic mass is 10.2. The van der Waals surface area contributed by atoms with Crippen molar-refractivity contribution < 1.29 is 9.53 Å². The van der Waals surface area contributed by atoms with Crippen LogP contribution >= 0.6 is 57.9 Å². The van der Waals surface area contributed by atoms with Crippen LogP contribution in [0.4, 0.5) is 5.13 Å². The number of nitrogens with zero attached hydrogens (tertiary/aromatic N) is 2. The molecule has 5 nitrogen and oxygen atoms in total. The molecule has 1 amide bonds. The quantitative estimate of drug-likeness (QED) is 0.358. The van der Waals surface area contributed by atoms with Gasteiger partial charge in [0.25, 0.3) is 5.91 Å². The minimum atomic E-state index is -0.379. The second-order valence-electron chi connectivity index (χ2n) is 5.16.